The third-order valence-electron chi connectivity index (χ3n) is 5.14. The summed E-state index contributed by atoms with van der Waals surface area (Å²) in [6, 6.07) is 7.62. The van der Waals surface area contributed by atoms with E-state index in [2.05, 4.69) is 0 Å². The highest BCUT2D eigenvalue weighted by Gasteiger charge is 2.44. The van der Waals surface area contributed by atoms with Gasteiger partial charge in [0.05, 0.1) is 18.7 Å². The highest BCUT2D eigenvalue weighted by molar-refractivity contribution is 7.38. The Hall–Kier alpha value is -2.21. The molecule has 8 heteroatoms. The molecule has 2 rings (SSSR count). The number of carbonyl (C=O) groups excluding carboxylic acids is 1. The van der Waals surface area contributed by atoms with Crippen LogP contribution in [-0.2, 0) is 19.5 Å². The SMILES string of the molecule is CCOC(=O)CC(O)C(c1c(-c2ccc(F)cc2)cc(C(C)(C)C)nc1C(C)C)[P+](=O)O. The molecule has 6 nitrogen and oxygen atoms in total. The normalized spacial score (nSPS) is 14.2. The highest BCUT2D eigenvalue weighted by Crippen LogP contribution is 2.48. The van der Waals surface area contributed by atoms with Crippen molar-refractivity contribution in [2.75, 3.05) is 6.61 Å². The van der Waals surface area contributed by atoms with Gasteiger partial charge in [0.25, 0.3) is 0 Å². The molecule has 1 heterocycles. The second-order valence-electron chi connectivity index (χ2n) is 9.09. The van der Waals surface area contributed by atoms with E-state index in [4.69, 9.17) is 9.72 Å². The Balaban J connectivity index is 2.82. The van der Waals surface area contributed by atoms with Crippen LogP contribution in [0.3, 0.4) is 0 Å². The van der Waals surface area contributed by atoms with Gasteiger partial charge in [0.15, 0.2) is 0 Å². The number of pyridine rings is 1. The number of rotatable bonds is 8. The molecule has 0 aliphatic rings. The van der Waals surface area contributed by atoms with Crippen molar-refractivity contribution in [1.82, 2.24) is 4.98 Å². The molecule has 0 amide bonds. The van der Waals surface area contributed by atoms with E-state index in [1.54, 1.807) is 19.1 Å². The fourth-order valence-corrected chi connectivity index (χ4v) is 4.42. The monoisotopic (exact) mass is 464 g/mol. The Kier molecular flexibility index (Phi) is 8.63. The molecule has 0 aliphatic heterocycles. The van der Waals surface area contributed by atoms with Gasteiger partial charge in [0.2, 0.25) is 5.66 Å². The zero-order valence-corrected chi connectivity index (χ0v) is 20.3. The molecular formula is C24H32FNO5P+. The van der Waals surface area contributed by atoms with Crippen LogP contribution in [0, 0.1) is 5.82 Å². The Morgan fingerprint density at radius 3 is 2.28 bits per heavy atom. The summed E-state index contributed by atoms with van der Waals surface area (Å²) in [5.74, 6) is -1.20. The highest BCUT2D eigenvalue weighted by atomic mass is 31.1. The molecule has 0 bridgehead atoms. The summed E-state index contributed by atoms with van der Waals surface area (Å²) in [6.07, 6.45) is -1.89. The van der Waals surface area contributed by atoms with Gasteiger partial charge in [-0.1, -0.05) is 46.8 Å². The van der Waals surface area contributed by atoms with Crippen LogP contribution in [0.1, 0.15) is 76.5 Å². The summed E-state index contributed by atoms with van der Waals surface area (Å²) in [5, 5.41) is 10.8. The Bertz CT molecular complexity index is 970. The summed E-state index contributed by atoms with van der Waals surface area (Å²) < 4.78 is 31.1. The topological polar surface area (TPSA) is 96.7 Å². The first-order valence-corrected chi connectivity index (χ1v) is 11.9. The third-order valence-corrected chi connectivity index (χ3v) is 6.22. The van der Waals surface area contributed by atoms with Crippen molar-refractivity contribution in [3.8, 4) is 11.1 Å². The molecule has 0 spiro atoms. The molecule has 1 aromatic carbocycles. The Morgan fingerprint density at radius 1 is 1.22 bits per heavy atom. The fraction of sp³-hybridized carbons (Fsp3) is 0.500. The molecule has 0 fully saturated rings. The van der Waals surface area contributed by atoms with Crippen molar-refractivity contribution in [2.24, 2.45) is 0 Å². The van der Waals surface area contributed by atoms with Crippen LogP contribution < -0.4 is 0 Å². The van der Waals surface area contributed by atoms with E-state index in [0.717, 1.165) is 5.69 Å². The number of ether oxygens (including phenoxy) is 1. The summed E-state index contributed by atoms with van der Waals surface area (Å²) >= 11 is 0. The molecule has 3 unspecified atom stereocenters. The number of hydrogen-bond acceptors (Lipinski definition) is 5. The van der Waals surface area contributed by atoms with Gasteiger partial charge < -0.3 is 9.84 Å². The van der Waals surface area contributed by atoms with Crippen molar-refractivity contribution >= 4 is 14.0 Å². The van der Waals surface area contributed by atoms with E-state index < -0.39 is 38.0 Å². The molecule has 3 atom stereocenters. The van der Waals surface area contributed by atoms with Crippen LogP contribution in [0.4, 0.5) is 4.39 Å². The molecule has 0 aliphatic carbocycles. The fourth-order valence-electron chi connectivity index (χ4n) is 3.53. The standard InChI is InChI=1S/C24H31FNO5P/c1-7-31-20(28)13-18(27)23(32(29)30)21-17(15-8-10-16(25)11-9-15)12-19(24(4,5)6)26-22(21)14(2)3/h8-12,14,18,23,27H,7,13H2,1-6H3/p+1. The average molecular weight is 464 g/mol. The molecule has 1 aromatic heterocycles. The number of benzene rings is 1. The minimum absolute atomic E-state index is 0.140. The van der Waals surface area contributed by atoms with Crippen LogP contribution in [0.25, 0.3) is 11.1 Å². The average Bonchev–Trinajstić information content (AvgIpc) is 2.67. The minimum Gasteiger partial charge on any atom is -0.466 e. The van der Waals surface area contributed by atoms with E-state index >= 15 is 0 Å². The van der Waals surface area contributed by atoms with Crippen molar-refractivity contribution < 1.29 is 28.5 Å². The van der Waals surface area contributed by atoms with Crippen molar-refractivity contribution in [2.45, 2.75) is 71.1 Å². The van der Waals surface area contributed by atoms with Gasteiger partial charge in [-0.05, 0) is 46.7 Å². The lowest BCUT2D eigenvalue weighted by Crippen LogP contribution is -2.25. The number of esters is 1. The summed E-state index contributed by atoms with van der Waals surface area (Å²) in [4.78, 5) is 27.0. The summed E-state index contributed by atoms with van der Waals surface area (Å²) in [5.41, 5.74) is 1.32. The predicted octanol–water partition coefficient (Wildman–Crippen LogP) is 5.40. The Labute approximate surface area is 189 Å². The van der Waals surface area contributed by atoms with Gasteiger partial charge >= 0.3 is 14.0 Å². The van der Waals surface area contributed by atoms with Gasteiger partial charge in [-0.25, -0.2) is 4.39 Å². The number of carbonyl (C=O) groups is 1. The zero-order valence-electron chi connectivity index (χ0n) is 19.4. The second-order valence-corrected chi connectivity index (χ2v) is 10.3. The molecule has 174 valence electrons. The summed E-state index contributed by atoms with van der Waals surface area (Å²) in [6.45, 7) is 11.6. The molecule has 0 saturated carbocycles. The van der Waals surface area contributed by atoms with E-state index in [1.807, 2.05) is 40.7 Å². The first-order valence-electron chi connectivity index (χ1n) is 10.7. The van der Waals surface area contributed by atoms with Crippen molar-refractivity contribution in [3.63, 3.8) is 0 Å². The first-order chi connectivity index (χ1) is 14.9. The van der Waals surface area contributed by atoms with Crippen LogP contribution in [0.5, 0.6) is 0 Å². The molecule has 0 radical (unpaired) electrons. The van der Waals surface area contributed by atoms with Crippen molar-refractivity contribution in [3.05, 3.63) is 53.1 Å². The third kappa shape index (κ3) is 6.18. The lowest BCUT2D eigenvalue weighted by atomic mass is 9.84. The first kappa shape index (κ1) is 26.0. The molecule has 2 aromatic rings. The van der Waals surface area contributed by atoms with Gasteiger partial charge in [-0.15, -0.1) is 0 Å². The number of aliphatic hydroxyl groups excluding tert-OH is 1. The van der Waals surface area contributed by atoms with Gasteiger partial charge in [0.1, 0.15) is 11.9 Å². The number of halogens is 1. The lowest BCUT2D eigenvalue weighted by Gasteiger charge is -2.26. The lowest BCUT2D eigenvalue weighted by molar-refractivity contribution is -0.145. The van der Waals surface area contributed by atoms with E-state index in [1.165, 1.54) is 12.1 Å². The molecule has 2 N–H and O–H groups in total. The maximum absolute atomic E-state index is 13.6. The van der Waals surface area contributed by atoms with Crippen LogP contribution in [0.2, 0.25) is 0 Å². The second kappa shape index (κ2) is 10.6. The number of aromatic nitrogens is 1. The zero-order chi connectivity index (χ0) is 24.2. The smallest absolute Gasteiger partial charge is 0.466 e. The van der Waals surface area contributed by atoms with Crippen LogP contribution in [0.15, 0.2) is 30.3 Å². The number of aliphatic hydroxyl groups is 1. The maximum atomic E-state index is 13.6. The molecule has 0 saturated heterocycles. The number of nitrogens with zero attached hydrogens (tertiary/aromatic N) is 1. The quantitative estimate of drug-likeness (QED) is 0.401. The van der Waals surface area contributed by atoms with Crippen molar-refractivity contribution in [1.29, 1.82) is 0 Å². The molecular weight excluding hydrogens is 432 g/mol. The van der Waals surface area contributed by atoms with Gasteiger partial charge in [-0.2, -0.15) is 4.89 Å². The van der Waals surface area contributed by atoms with E-state index in [-0.39, 0.29) is 17.9 Å². The van der Waals surface area contributed by atoms with E-state index in [9.17, 15) is 23.7 Å². The maximum Gasteiger partial charge on any atom is 0.516 e. The Morgan fingerprint density at radius 2 is 1.81 bits per heavy atom. The van der Waals surface area contributed by atoms with Crippen LogP contribution in [-0.4, -0.2) is 33.7 Å². The number of hydrogen-bond donors (Lipinski definition) is 2. The van der Waals surface area contributed by atoms with Gasteiger partial charge in [-0.3, -0.25) is 9.78 Å². The summed E-state index contributed by atoms with van der Waals surface area (Å²) in [7, 11) is -2.93. The van der Waals surface area contributed by atoms with Crippen LogP contribution >= 0.6 is 8.03 Å². The van der Waals surface area contributed by atoms with Gasteiger partial charge in [0, 0.05) is 16.7 Å². The largest absolute Gasteiger partial charge is 0.516 e. The van der Waals surface area contributed by atoms with E-state index in [0.29, 0.717) is 22.4 Å². The minimum atomic E-state index is -2.93. The predicted molar refractivity (Wildman–Crippen MR) is 122 cm³/mol. The molecule has 32 heavy (non-hydrogen) atoms.